The van der Waals surface area contributed by atoms with Gasteiger partial charge in [0.15, 0.2) is 0 Å². The van der Waals surface area contributed by atoms with Crippen molar-refractivity contribution in [3.63, 3.8) is 0 Å². The molecule has 0 amide bonds. The Morgan fingerprint density at radius 1 is 1.08 bits per heavy atom. The topological polar surface area (TPSA) is 43.4 Å². The van der Waals surface area contributed by atoms with Crippen molar-refractivity contribution >= 4 is 16.6 Å². The van der Waals surface area contributed by atoms with E-state index in [1.807, 2.05) is 5.32 Å². The molecule has 1 heterocycles. The average molecular weight is 382 g/mol. The van der Waals surface area contributed by atoms with Crippen molar-refractivity contribution in [3.8, 4) is 11.6 Å². The molecule has 0 fully saturated rings. The maximum Gasteiger partial charge on any atom is 0.417 e. The van der Waals surface area contributed by atoms with Crippen LogP contribution in [0.2, 0.25) is 0 Å². The number of anilines is 1. The minimum Gasteiger partial charge on any atom is -0.495 e. The number of nitrogens with one attached hydrogen (secondary N) is 1. The van der Waals surface area contributed by atoms with E-state index in [-0.39, 0.29) is 28.2 Å². The van der Waals surface area contributed by atoms with Gasteiger partial charge in [-0.3, -0.25) is 0 Å². The van der Waals surface area contributed by atoms with Crippen molar-refractivity contribution in [2.24, 2.45) is 0 Å². The maximum absolute atomic E-state index is 13.4. The molecule has 0 saturated carbocycles. The van der Waals surface area contributed by atoms with E-state index in [0.29, 0.717) is 0 Å². The SMILES string of the molecule is COc1cc2nc(OC(C)C)cc(C(F)(F)F)c2cc1NCC(F)(F)F. The third-order valence-electron chi connectivity index (χ3n) is 3.25. The molecule has 1 aromatic carbocycles. The number of methoxy groups -OCH3 is 1. The third kappa shape index (κ3) is 4.83. The van der Waals surface area contributed by atoms with E-state index < -0.39 is 30.6 Å². The molecule has 1 N–H and O–H groups in total. The zero-order valence-electron chi connectivity index (χ0n) is 14.0. The lowest BCUT2D eigenvalue weighted by Crippen LogP contribution is -2.21. The summed E-state index contributed by atoms with van der Waals surface area (Å²) >= 11 is 0. The number of nitrogens with zero attached hydrogens (tertiary/aromatic N) is 1. The molecule has 0 bridgehead atoms. The largest absolute Gasteiger partial charge is 0.495 e. The number of alkyl halides is 6. The Morgan fingerprint density at radius 3 is 2.23 bits per heavy atom. The van der Waals surface area contributed by atoms with E-state index in [4.69, 9.17) is 9.47 Å². The number of pyridine rings is 1. The quantitative estimate of drug-likeness (QED) is 0.738. The molecule has 0 aliphatic heterocycles. The number of fused-ring (bicyclic) bond motifs is 1. The summed E-state index contributed by atoms with van der Waals surface area (Å²) in [7, 11) is 1.19. The normalized spacial score (nSPS) is 12.5. The molecule has 0 spiro atoms. The van der Waals surface area contributed by atoms with Gasteiger partial charge in [0.05, 0.1) is 30.0 Å². The van der Waals surface area contributed by atoms with Gasteiger partial charge in [0.1, 0.15) is 12.3 Å². The number of hydrogen-bond donors (Lipinski definition) is 1. The highest BCUT2D eigenvalue weighted by molar-refractivity contribution is 5.89. The molecule has 4 nitrogen and oxygen atoms in total. The first-order valence-electron chi connectivity index (χ1n) is 7.48. The molecular formula is C16H16F6N2O2. The van der Waals surface area contributed by atoms with Crippen molar-refractivity contribution in [2.45, 2.75) is 32.3 Å². The summed E-state index contributed by atoms with van der Waals surface area (Å²) in [6.07, 6.45) is -9.69. The third-order valence-corrected chi connectivity index (χ3v) is 3.25. The number of rotatable bonds is 5. The number of halogens is 6. The molecule has 144 valence electrons. The summed E-state index contributed by atoms with van der Waals surface area (Å²) in [6, 6.07) is 2.80. The van der Waals surface area contributed by atoms with Crippen LogP contribution in [0.3, 0.4) is 0 Å². The van der Waals surface area contributed by atoms with Gasteiger partial charge in [-0.15, -0.1) is 0 Å². The number of hydrogen-bond acceptors (Lipinski definition) is 4. The summed E-state index contributed by atoms with van der Waals surface area (Å²) in [5, 5.41) is 1.68. The van der Waals surface area contributed by atoms with Crippen LogP contribution >= 0.6 is 0 Å². The van der Waals surface area contributed by atoms with Crippen LogP contribution in [0.25, 0.3) is 10.9 Å². The van der Waals surface area contributed by atoms with Crippen LogP contribution in [0.1, 0.15) is 19.4 Å². The molecular weight excluding hydrogens is 366 g/mol. The monoisotopic (exact) mass is 382 g/mol. The number of benzene rings is 1. The summed E-state index contributed by atoms with van der Waals surface area (Å²) in [5.74, 6) is -0.304. The van der Waals surface area contributed by atoms with Crippen LogP contribution in [0.4, 0.5) is 32.0 Å². The zero-order valence-corrected chi connectivity index (χ0v) is 14.0. The van der Waals surface area contributed by atoms with E-state index in [0.717, 1.165) is 18.2 Å². The lowest BCUT2D eigenvalue weighted by Gasteiger charge is -2.18. The minimum atomic E-state index is -4.74. The van der Waals surface area contributed by atoms with Crippen molar-refractivity contribution in [1.82, 2.24) is 4.98 Å². The summed E-state index contributed by atoms with van der Waals surface area (Å²) in [6.45, 7) is 1.84. The van der Waals surface area contributed by atoms with Crippen molar-refractivity contribution in [1.29, 1.82) is 0 Å². The van der Waals surface area contributed by atoms with Crippen molar-refractivity contribution in [3.05, 3.63) is 23.8 Å². The first kappa shape index (κ1) is 19.9. The molecule has 0 radical (unpaired) electrons. The Balaban J connectivity index is 2.64. The van der Waals surface area contributed by atoms with Crippen LogP contribution in [0.5, 0.6) is 11.6 Å². The molecule has 1 aromatic heterocycles. The van der Waals surface area contributed by atoms with Crippen LogP contribution in [0.15, 0.2) is 18.2 Å². The second-order valence-electron chi connectivity index (χ2n) is 5.71. The fourth-order valence-corrected chi connectivity index (χ4v) is 2.27. The van der Waals surface area contributed by atoms with E-state index in [1.54, 1.807) is 13.8 Å². The van der Waals surface area contributed by atoms with Gasteiger partial charge < -0.3 is 14.8 Å². The molecule has 0 saturated heterocycles. The van der Waals surface area contributed by atoms with E-state index >= 15 is 0 Å². The first-order chi connectivity index (χ1) is 11.9. The predicted molar refractivity (Wildman–Crippen MR) is 83.6 cm³/mol. The highest BCUT2D eigenvalue weighted by Crippen LogP contribution is 2.40. The highest BCUT2D eigenvalue weighted by Gasteiger charge is 2.34. The van der Waals surface area contributed by atoms with Gasteiger partial charge in [-0.05, 0) is 19.9 Å². The molecule has 2 aromatic rings. The molecule has 26 heavy (non-hydrogen) atoms. The molecule has 0 aliphatic carbocycles. The summed E-state index contributed by atoms with van der Waals surface area (Å²) in [5.41, 5.74) is -1.39. The van der Waals surface area contributed by atoms with E-state index in [1.165, 1.54) is 7.11 Å². The summed E-state index contributed by atoms with van der Waals surface area (Å²) < 4.78 is 87.7. The van der Waals surface area contributed by atoms with Crippen LogP contribution in [-0.2, 0) is 6.18 Å². The standard InChI is InChI=1S/C16H16F6N2O2/c1-8(2)26-14-5-10(16(20,21)22)9-4-12(23-7-15(17,18)19)13(25-3)6-11(9)24-14/h4-6,8,23H,7H2,1-3H3. The van der Waals surface area contributed by atoms with Crippen LogP contribution in [0, 0.1) is 0 Å². The Morgan fingerprint density at radius 2 is 1.73 bits per heavy atom. The van der Waals surface area contributed by atoms with Crippen molar-refractivity contribution in [2.75, 3.05) is 19.0 Å². The minimum absolute atomic E-state index is 0.0657. The Bertz CT molecular complexity index is 787. The smallest absolute Gasteiger partial charge is 0.417 e. The van der Waals surface area contributed by atoms with Crippen LogP contribution < -0.4 is 14.8 Å². The molecule has 10 heteroatoms. The van der Waals surface area contributed by atoms with E-state index in [9.17, 15) is 26.3 Å². The zero-order chi connectivity index (χ0) is 19.7. The lowest BCUT2D eigenvalue weighted by molar-refractivity contribution is -0.136. The van der Waals surface area contributed by atoms with Gasteiger partial charge >= 0.3 is 12.4 Å². The van der Waals surface area contributed by atoms with Gasteiger partial charge in [-0.2, -0.15) is 26.3 Å². The van der Waals surface area contributed by atoms with Gasteiger partial charge in [-0.25, -0.2) is 4.98 Å². The number of aromatic nitrogens is 1. The Hall–Kier alpha value is -2.39. The van der Waals surface area contributed by atoms with E-state index in [2.05, 4.69) is 4.98 Å². The van der Waals surface area contributed by atoms with Crippen LogP contribution in [-0.4, -0.2) is 30.9 Å². The molecule has 0 aliphatic rings. The van der Waals surface area contributed by atoms with Gasteiger partial charge in [0.2, 0.25) is 5.88 Å². The maximum atomic E-state index is 13.4. The Kier molecular flexibility index (Phi) is 5.43. The Labute approximate surface area is 145 Å². The second-order valence-corrected chi connectivity index (χ2v) is 5.71. The average Bonchev–Trinajstić information content (AvgIpc) is 2.49. The van der Waals surface area contributed by atoms with Crippen molar-refractivity contribution < 1.29 is 35.8 Å². The number of ether oxygens (including phenoxy) is 2. The molecule has 0 unspecified atom stereocenters. The second kappa shape index (κ2) is 7.08. The first-order valence-corrected chi connectivity index (χ1v) is 7.48. The fraction of sp³-hybridized carbons (Fsp3) is 0.438. The predicted octanol–water partition coefficient (Wildman–Crippen LogP) is 5.02. The molecule has 0 atom stereocenters. The summed E-state index contributed by atoms with van der Waals surface area (Å²) in [4.78, 5) is 4.00. The van der Waals surface area contributed by atoms with Gasteiger partial charge in [0.25, 0.3) is 0 Å². The van der Waals surface area contributed by atoms with Gasteiger partial charge in [-0.1, -0.05) is 0 Å². The highest BCUT2D eigenvalue weighted by atomic mass is 19.4. The van der Waals surface area contributed by atoms with Gasteiger partial charge in [0, 0.05) is 17.5 Å². The molecule has 2 rings (SSSR count). The lowest BCUT2D eigenvalue weighted by atomic mass is 10.1. The fourth-order valence-electron chi connectivity index (χ4n) is 2.27.